The Kier molecular flexibility index (Phi) is 5.76. The number of anilines is 1. The first-order valence-corrected chi connectivity index (χ1v) is 11.0. The molecule has 1 aromatic heterocycles. The summed E-state index contributed by atoms with van der Waals surface area (Å²) in [6.45, 7) is 9.48. The van der Waals surface area contributed by atoms with Crippen molar-refractivity contribution in [3.63, 3.8) is 0 Å². The number of pyridine rings is 1. The van der Waals surface area contributed by atoms with Gasteiger partial charge in [0, 0.05) is 37.3 Å². The van der Waals surface area contributed by atoms with Crippen LogP contribution in [0.1, 0.15) is 18.1 Å². The van der Waals surface area contributed by atoms with E-state index in [0.717, 1.165) is 36.7 Å². The van der Waals surface area contributed by atoms with Crippen LogP contribution in [0.3, 0.4) is 0 Å². The highest BCUT2D eigenvalue weighted by Crippen LogP contribution is 2.29. The van der Waals surface area contributed by atoms with E-state index in [4.69, 9.17) is 4.98 Å². The molecule has 0 aliphatic carbocycles. The number of hydrogen-bond donors (Lipinski definition) is 0. The van der Waals surface area contributed by atoms with Gasteiger partial charge in [0.2, 0.25) is 5.91 Å². The van der Waals surface area contributed by atoms with Crippen molar-refractivity contribution in [2.75, 3.05) is 31.1 Å². The van der Waals surface area contributed by atoms with Crippen molar-refractivity contribution >= 4 is 34.3 Å². The van der Waals surface area contributed by atoms with Crippen molar-refractivity contribution in [3.8, 4) is 0 Å². The number of carbonyl (C=O) groups is 1. The first-order chi connectivity index (χ1) is 14.0. The standard InChI is InChI=1S/C24H27N3OS/c1-17-8-7-11-21-18(2)16-22(25-23(17)21)29-19(3)24(28)27-14-12-26(13-15-27)20-9-5-4-6-10-20/h4-11,16,19H,12-15H2,1-3H3/t19-/m0/s1. The summed E-state index contributed by atoms with van der Waals surface area (Å²) in [6.07, 6.45) is 0. The van der Waals surface area contributed by atoms with E-state index >= 15 is 0 Å². The lowest BCUT2D eigenvalue weighted by atomic mass is 10.1. The maximum Gasteiger partial charge on any atom is 0.235 e. The van der Waals surface area contributed by atoms with Gasteiger partial charge >= 0.3 is 0 Å². The fourth-order valence-corrected chi connectivity index (χ4v) is 4.90. The van der Waals surface area contributed by atoms with Gasteiger partial charge in [-0.25, -0.2) is 4.98 Å². The van der Waals surface area contributed by atoms with Gasteiger partial charge in [-0.15, -0.1) is 0 Å². The first-order valence-electron chi connectivity index (χ1n) is 10.2. The quantitative estimate of drug-likeness (QED) is 0.591. The Hall–Kier alpha value is -2.53. The molecule has 1 fully saturated rings. The number of aromatic nitrogens is 1. The molecule has 3 aromatic rings. The van der Waals surface area contributed by atoms with Crippen molar-refractivity contribution in [2.45, 2.75) is 31.0 Å². The molecule has 1 saturated heterocycles. The third-order valence-corrected chi connectivity index (χ3v) is 6.59. The van der Waals surface area contributed by atoms with Crippen molar-refractivity contribution in [1.29, 1.82) is 0 Å². The SMILES string of the molecule is Cc1cc(S[C@@H](C)C(=O)N2CCN(c3ccccc3)CC2)nc2c(C)cccc12. The van der Waals surface area contributed by atoms with Crippen LogP contribution in [0.2, 0.25) is 0 Å². The molecule has 4 nitrogen and oxygen atoms in total. The topological polar surface area (TPSA) is 36.4 Å². The summed E-state index contributed by atoms with van der Waals surface area (Å²) in [5.41, 5.74) is 4.64. The Balaban J connectivity index is 1.41. The van der Waals surface area contributed by atoms with Crippen LogP contribution >= 0.6 is 11.8 Å². The highest BCUT2D eigenvalue weighted by Gasteiger charge is 2.26. The van der Waals surface area contributed by atoms with Crippen molar-refractivity contribution < 1.29 is 4.79 Å². The molecule has 4 rings (SSSR count). The monoisotopic (exact) mass is 405 g/mol. The number of benzene rings is 2. The normalized spacial score (nSPS) is 15.6. The van der Waals surface area contributed by atoms with Crippen molar-refractivity contribution in [3.05, 3.63) is 65.7 Å². The minimum absolute atomic E-state index is 0.147. The van der Waals surface area contributed by atoms with Crippen molar-refractivity contribution in [2.24, 2.45) is 0 Å². The first kappa shape index (κ1) is 19.8. The van der Waals surface area contributed by atoms with Crippen LogP contribution in [-0.4, -0.2) is 47.2 Å². The Morgan fingerprint density at radius 3 is 2.41 bits per heavy atom. The lowest BCUT2D eigenvalue weighted by molar-refractivity contribution is -0.130. The summed E-state index contributed by atoms with van der Waals surface area (Å²) in [6, 6.07) is 18.8. The van der Waals surface area contributed by atoms with Crippen LogP contribution in [0.5, 0.6) is 0 Å². The minimum Gasteiger partial charge on any atom is -0.368 e. The molecular formula is C24H27N3OS. The average Bonchev–Trinajstić information content (AvgIpc) is 2.75. The van der Waals surface area contributed by atoms with Gasteiger partial charge in [0.15, 0.2) is 0 Å². The Morgan fingerprint density at radius 2 is 1.69 bits per heavy atom. The molecule has 0 N–H and O–H groups in total. The van der Waals surface area contributed by atoms with Crippen LogP contribution in [0.15, 0.2) is 59.6 Å². The van der Waals surface area contributed by atoms with Gasteiger partial charge in [0.1, 0.15) is 0 Å². The predicted molar refractivity (Wildman–Crippen MR) is 122 cm³/mol. The van der Waals surface area contributed by atoms with E-state index in [2.05, 4.69) is 67.3 Å². The lowest BCUT2D eigenvalue weighted by Crippen LogP contribution is -2.50. The molecule has 0 bridgehead atoms. The molecule has 0 unspecified atom stereocenters. The number of amides is 1. The highest BCUT2D eigenvalue weighted by molar-refractivity contribution is 8.00. The van der Waals surface area contributed by atoms with Gasteiger partial charge in [0.05, 0.1) is 15.8 Å². The van der Waals surface area contributed by atoms with Crippen LogP contribution in [0.25, 0.3) is 10.9 Å². The van der Waals surface area contributed by atoms with E-state index in [0.29, 0.717) is 0 Å². The molecule has 29 heavy (non-hydrogen) atoms. The highest BCUT2D eigenvalue weighted by atomic mass is 32.2. The van der Waals surface area contributed by atoms with Crippen LogP contribution in [0, 0.1) is 13.8 Å². The third-order valence-electron chi connectivity index (χ3n) is 5.58. The number of thioether (sulfide) groups is 1. The molecule has 150 valence electrons. The number of carbonyl (C=O) groups excluding carboxylic acids is 1. The molecule has 0 spiro atoms. The molecule has 5 heteroatoms. The summed E-state index contributed by atoms with van der Waals surface area (Å²) in [7, 11) is 0. The zero-order chi connectivity index (χ0) is 20.4. The third kappa shape index (κ3) is 4.25. The number of rotatable bonds is 4. The maximum atomic E-state index is 13.0. The summed E-state index contributed by atoms with van der Waals surface area (Å²) >= 11 is 1.56. The summed E-state index contributed by atoms with van der Waals surface area (Å²) in [4.78, 5) is 22.2. The van der Waals surface area contributed by atoms with Crippen LogP contribution in [0.4, 0.5) is 5.69 Å². The second-order valence-corrected chi connectivity index (χ2v) is 9.02. The second kappa shape index (κ2) is 8.46. The van der Waals surface area contributed by atoms with E-state index in [9.17, 15) is 4.79 Å². The fraction of sp³-hybridized carbons (Fsp3) is 0.333. The van der Waals surface area contributed by atoms with Gasteiger partial charge in [-0.2, -0.15) is 0 Å². The Labute approximate surface area is 176 Å². The minimum atomic E-state index is -0.147. The lowest BCUT2D eigenvalue weighted by Gasteiger charge is -2.37. The van der Waals surface area contributed by atoms with Gasteiger partial charge in [-0.1, -0.05) is 48.2 Å². The van der Waals surface area contributed by atoms with Gasteiger partial charge in [-0.3, -0.25) is 4.79 Å². The molecule has 0 saturated carbocycles. The number of piperazine rings is 1. The molecule has 2 aromatic carbocycles. The zero-order valence-corrected chi connectivity index (χ0v) is 18.1. The molecular weight excluding hydrogens is 378 g/mol. The summed E-state index contributed by atoms with van der Waals surface area (Å²) in [5.74, 6) is 0.201. The number of para-hydroxylation sites is 2. The Morgan fingerprint density at radius 1 is 0.966 bits per heavy atom. The fourth-order valence-electron chi connectivity index (χ4n) is 3.90. The van der Waals surface area contributed by atoms with Crippen LogP contribution < -0.4 is 4.90 Å². The van der Waals surface area contributed by atoms with E-state index < -0.39 is 0 Å². The van der Waals surface area contributed by atoms with E-state index in [1.54, 1.807) is 11.8 Å². The van der Waals surface area contributed by atoms with Crippen LogP contribution in [-0.2, 0) is 4.79 Å². The van der Waals surface area contributed by atoms with E-state index in [1.807, 2.05) is 17.9 Å². The second-order valence-electron chi connectivity index (χ2n) is 7.66. The van der Waals surface area contributed by atoms with Gasteiger partial charge in [-0.05, 0) is 50.1 Å². The maximum absolute atomic E-state index is 13.0. The zero-order valence-electron chi connectivity index (χ0n) is 17.3. The largest absolute Gasteiger partial charge is 0.368 e. The molecule has 1 aliphatic heterocycles. The predicted octanol–water partition coefficient (Wildman–Crippen LogP) is 4.68. The molecule has 2 heterocycles. The van der Waals surface area contributed by atoms with Gasteiger partial charge in [0.25, 0.3) is 0 Å². The smallest absolute Gasteiger partial charge is 0.235 e. The number of hydrogen-bond acceptors (Lipinski definition) is 4. The van der Waals surface area contributed by atoms with Crippen molar-refractivity contribution in [1.82, 2.24) is 9.88 Å². The molecule has 1 amide bonds. The number of fused-ring (bicyclic) bond motifs is 1. The van der Waals surface area contributed by atoms with E-state index in [-0.39, 0.29) is 11.2 Å². The van der Waals surface area contributed by atoms with E-state index in [1.165, 1.54) is 22.2 Å². The summed E-state index contributed by atoms with van der Waals surface area (Å²) in [5, 5.41) is 1.96. The number of nitrogens with zero attached hydrogens (tertiary/aromatic N) is 3. The molecule has 0 radical (unpaired) electrons. The Bertz CT molecular complexity index is 1010. The van der Waals surface area contributed by atoms with Gasteiger partial charge < -0.3 is 9.80 Å². The molecule has 1 atom stereocenters. The molecule has 1 aliphatic rings. The number of aryl methyl sites for hydroxylation is 2. The summed E-state index contributed by atoms with van der Waals surface area (Å²) < 4.78 is 0. The average molecular weight is 406 g/mol.